The molecule has 0 saturated carbocycles. The first-order valence-electron chi connectivity index (χ1n) is 4.07. The molecule has 1 heterocycles. The molecule has 0 saturated heterocycles. The molecule has 14 heavy (non-hydrogen) atoms. The number of anilines is 1. The van der Waals surface area contributed by atoms with Gasteiger partial charge < -0.3 is 11.1 Å². The number of aromatic nitrogens is 1. The van der Waals surface area contributed by atoms with Crippen molar-refractivity contribution in [1.82, 2.24) is 4.98 Å². The van der Waals surface area contributed by atoms with Crippen molar-refractivity contribution in [3.63, 3.8) is 0 Å². The molecule has 2 amide bonds. The molecule has 0 unspecified atom stereocenters. The lowest BCUT2D eigenvalue weighted by atomic mass is 10.2. The van der Waals surface area contributed by atoms with Crippen molar-refractivity contribution in [2.75, 3.05) is 5.32 Å². The average Bonchev–Trinajstić information content (AvgIpc) is 2.52. The molecule has 76 valence electrons. The second-order valence-corrected chi connectivity index (χ2v) is 3.90. The van der Waals surface area contributed by atoms with E-state index in [0.717, 1.165) is 0 Å². The van der Waals surface area contributed by atoms with Gasteiger partial charge in [-0.05, 0) is 0 Å². The summed E-state index contributed by atoms with van der Waals surface area (Å²) in [7, 11) is 0. The number of hydrogen-bond donors (Lipinski definition) is 2. The third kappa shape index (κ3) is 2.53. The molecule has 0 bridgehead atoms. The van der Waals surface area contributed by atoms with E-state index in [0.29, 0.717) is 5.13 Å². The number of carbonyl (C=O) groups excluding carboxylic acids is 2. The highest BCUT2D eigenvalue weighted by molar-refractivity contribution is 7.14. The number of hydrogen-bond acceptors (Lipinski definition) is 4. The topological polar surface area (TPSA) is 85.1 Å². The van der Waals surface area contributed by atoms with Crippen LogP contribution in [0.1, 0.15) is 24.3 Å². The first-order valence-corrected chi connectivity index (χ1v) is 4.95. The van der Waals surface area contributed by atoms with E-state index < -0.39 is 5.91 Å². The third-order valence-electron chi connectivity index (χ3n) is 1.51. The lowest BCUT2D eigenvalue weighted by molar-refractivity contribution is -0.118. The van der Waals surface area contributed by atoms with E-state index >= 15 is 0 Å². The Kier molecular flexibility index (Phi) is 3.19. The van der Waals surface area contributed by atoms with Crippen LogP contribution in [0.4, 0.5) is 5.13 Å². The Hall–Kier alpha value is -1.43. The van der Waals surface area contributed by atoms with E-state index in [4.69, 9.17) is 5.73 Å². The Labute approximate surface area is 85.3 Å². The van der Waals surface area contributed by atoms with Gasteiger partial charge in [-0.1, -0.05) is 13.8 Å². The molecule has 0 aromatic carbocycles. The van der Waals surface area contributed by atoms with Gasteiger partial charge in [-0.25, -0.2) is 4.98 Å². The van der Waals surface area contributed by atoms with Crippen LogP contribution < -0.4 is 11.1 Å². The number of rotatable bonds is 3. The number of carbonyl (C=O) groups is 2. The van der Waals surface area contributed by atoms with Crippen molar-refractivity contribution in [2.24, 2.45) is 11.7 Å². The van der Waals surface area contributed by atoms with E-state index in [1.54, 1.807) is 13.8 Å². The van der Waals surface area contributed by atoms with Gasteiger partial charge in [0.2, 0.25) is 5.91 Å². The van der Waals surface area contributed by atoms with Crippen LogP contribution in [0.25, 0.3) is 0 Å². The Morgan fingerprint density at radius 1 is 1.57 bits per heavy atom. The zero-order chi connectivity index (χ0) is 10.7. The molecule has 3 N–H and O–H groups in total. The van der Waals surface area contributed by atoms with Crippen LogP contribution in [0.3, 0.4) is 0 Å². The van der Waals surface area contributed by atoms with Gasteiger partial charge in [0, 0.05) is 11.3 Å². The quantitative estimate of drug-likeness (QED) is 0.780. The predicted molar refractivity (Wildman–Crippen MR) is 54.1 cm³/mol. The molecule has 0 atom stereocenters. The van der Waals surface area contributed by atoms with Crippen molar-refractivity contribution in [2.45, 2.75) is 13.8 Å². The monoisotopic (exact) mass is 213 g/mol. The molecule has 5 nitrogen and oxygen atoms in total. The van der Waals surface area contributed by atoms with Gasteiger partial charge in [0.25, 0.3) is 5.91 Å². The van der Waals surface area contributed by atoms with E-state index in [1.165, 1.54) is 16.7 Å². The molecular weight excluding hydrogens is 202 g/mol. The molecule has 1 aromatic heterocycles. The van der Waals surface area contributed by atoms with Crippen molar-refractivity contribution in [3.8, 4) is 0 Å². The zero-order valence-corrected chi connectivity index (χ0v) is 8.72. The van der Waals surface area contributed by atoms with Crippen LogP contribution in [-0.4, -0.2) is 16.8 Å². The molecule has 0 aliphatic heterocycles. The SMILES string of the molecule is CC(C)C(=O)Nc1nc(C(N)=O)cs1. The minimum Gasteiger partial charge on any atom is -0.364 e. The summed E-state index contributed by atoms with van der Waals surface area (Å²) in [4.78, 5) is 25.8. The molecule has 0 spiro atoms. The molecular formula is C8H11N3O2S. The number of nitrogens with two attached hydrogens (primary N) is 1. The fraction of sp³-hybridized carbons (Fsp3) is 0.375. The Balaban J connectivity index is 2.69. The maximum atomic E-state index is 11.2. The fourth-order valence-corrected chi connectivity index (χ4v) is 1.40. The number of nitrogens with zero attached hydrogens (tertiary/aromatic N) is 1. The van der Waals surface area contributed by atoms with Gasteiger partial charge in [0.1, 0.15) is 5.69 Å². The van der Waals surface area contributed by atoms with Crippen molar-refractivity contribution >= 4 is 28.3 Å². The summed E-state index contributed by atoms with van der Waals surface area (Å²) in [5, 5.41) is 4.49. The van der Waals surface area contributed by atoms with E-state index in [9.17, 15) is 9.59 Å². The second kappa shape index (κ2) is 4.19. The van der Waals surface area contributed by atoms with Gasteiger partial charge in [-0.3, -0.25) is 9.59 Å². The van der Waals surface area contributed by atoms with Crippen molar-refractivity contribution < 1.29 is 9.59 Å². The predicted octanol–water partition coefficient (Wildman–Crippen LogP) is 0.836. The van der Waals surface area contributed by atoms with Gasteiger partial charge >= 0.3 is 0 Å². The zero-order valence-electron chi connectivity index (χ0n) is 7.90. The summed E-state index contributed by atoms with van der Waals surface area (Å²) < 4.78 is 0. The average molecular weight is 213 g/mol. The first-order chi connectivity index (χ1) is 6.50. The molecule has 1 rings (SSSR count). The molecule has 0 fully saturated rings. The van der Waals surface area contributed by atoms with Crippen molar-refractivity contribution in [3.05, 3.63) is 11.1 Å². The van der Waals surface area contributed by atoms with Crippen LogP contribution in [0.15, 0.2) is 5.38 Å². The Bertz CT molecular complexity index is 359. The highest BCUT2D eigenvalue weighted by Gasteiger charge is 2.11. The summed E-state index contributed by atoms with van der Waals surface area (Å²) >= 11 is 1.18. The molecule has 0 radical (unpaired) electrons. The van der Waals surface area contributed by atoms with E-state index in [2.05, 4.69) is 10.3 Å². The molecule has 0 aliphatic carbocycles. The van der Waals surface area contributed by atoms with Gasteiger partial charge in [-0.15, -0.1) is 11.3 Å². The maximum Gasteiger partial charge on any atom is 0.268 e. The fourth-order valence-electron chi connectivity index (χ4n) is 0.694. The van der Waals surface area contributed by atoms with Gasteiger partial charge in [-0.2, -0.15) is 0 Å². The third-order valence-corrected chi connectivity index (χ3v) is 2.27. The summed E-state index contributed by atoms with van der Waals surface area (Å²) in [6.07, 6.45) is 0. The number of amides is 2. The highest BCUT2D eigenvalue weighted by Crippen LogP contribution is 2.15. The maximum absolute atomic E-state index is 11.2. The first kappa shape index (κ1) is 10.6. The minimum atomic E-state index is -0.591. The lowest BCUT2D eigenvalue weighted by Crippen LogP contribution is -2.18. The number of thiazole rings is 1. The Morgan fingerprint density at radius 3 is 2.64 bits per heavy atom. The minimum absolute atomic E-state index is 0.115. The summed E-state index contributed by atoms with van der Waals surface area (Å²) in [5.41, 5.74) is 5.19. The van der Waals surface area contributed by atoms with Gasteiger partial charge in [0.05, 0.1) is 0 Å². The second-order valence-electron chi connectivity index (χ2n) is 3.05. The van der Waals surface area contributed by atoms with Crippen LogP contribution in [0.2, 0.25) is 0 Å². The largest absolute Gasteiger partial charge is 0.364 e. The molecule has 0 aliphatic rings. The van der Waals surface area contributed by atoms with E-state index in [-0.39, 0.29) is 17.5 Å². The molecule has 1 aromatic rings. The van der Waals surface area contributed by atoms with E-state index in [1.807, 2.05) is 0 Å². The normalized spacial score (nSPS) is 10.2. The van der Waals surface area contributed by atoms with Crippen LogP contribution in [0.5, 0.6) is 0 Å². The van der Waals surface area contributed by atoms with Crippen LogP contribution in [0, 0.1) is 5.92 Å². The Morgan fingerprint density at radius 2 is 2.21 bits per heavy atom. The molecule has 6 heteroatoms. The summed E-state index contributed by atoms with van der Waals surface area (Å²) in [5.74, 6) is -0.836. The standard InChI is InChI=1S/C8H11N3O2S/c1-4(2)7(13)11-8-10-5(3-14-8)6(9)12/h3-4H,1-2H3,(H2,9,12)(H,10,11,13). The summed E-state index contributed by atoms with van der Waals surface area (Å²) in [6.45, 7) is 3.55. The smallest absolute Gasteiger partial charge is 0.268 e. The number of nitrogens with one attached hydrogen (secondary N) is 1. The van der Waals surface area contributed by atoms with Crippen LogP contribution in [-0.2, 0) is 4.79 Å². The number of primary amides is 1. The summed E-state index contributed by atoms with van der Waals surface area (Å²) in [6, 6.07) is 0. The lowest BCUT2D eigenvalue weighted by Gasteiger charge is -2.02. The van der Waals surface area contributed by atoms with Crippen LogP contribution >= 0.6 is 11.3 Å². The highest BCUT2D eigenvalue weighted by atomic mass is 32.1. The van der Waals surface area contributed by atoms with Crippen molar-refractivity contribution in [1.29, 1.82) is 0 Å². The van der Waals surface area contributed by atoms with Gasteiger partial charge in [0.15, 0.2) is 5.13 Å².